The SMILES string of the molecule is Cc1cccc(-n2nc(C3CCCC3)c(CO)c2Cl)c1. The van der Waals surface area contributed by atoms with Crippen molar-refractivity contribution >= 4 is 11.6 Å². The monoisotopic (exact) mass is 290 g/mol. The van der Waals surface area contributed by atoms with Gasteiger partial charge >= 0.3 is 0 Å². The molecule has 0 amide bonds. The van der Waals surface area contributed by atoms with Crippen LogP contribution in [-0.4, -0.2) is 14.9 Å². The molecule has 1 heterocycles. The van der Waals surface area contributed by atoms with E-state index in [0.717, 1.165) is 29.8 Å². The van der Waals surface area contributed by atoms with Gasteiger partial charge in [0.2, 0.25) is 0 Å². The lowest BCUT2D eigenvalue weighted by molar-refractivity contribution is 0.280. The van der Waals surface area contributed by atoms with Crippen LogP contribution in [0, 0.1) is 6.92 Å². The minimum Gasteiger partial charge on any atom is -0.391 e. The fourth-order valence-corrected chi connectivity index (χ4v) is 3.34. The standard InChI is InChI=1S/C16H19ClN2O/c1-11-5-4-8-13(9-11)19-16(17)14(10-20)15(18-19)12-6-2-3-7-12/h4-5,8-9,12,20H,2-3,6-7,10H2,1H3. The first kappa shape index (κ1) is 13.7. The molecule has 0 saturated heterocycles. The Morgan fingerprint density at radius 1 is 1.35 bits per heavy atom. The molecule has 1 aromatic heterocycles. The van der Waals surface area contributed by atoms with Crippen molar-refractivity contribution in [3.63, 3.8) is 0 Å². The number of rotatable bonds is 3. The normalized spacial score (nSPS) is 15.9. The molecule has 1 aliphatic carbocycles. The van der Waals surface area contributed by atoms with Gasteiger partial charge < -0.3 is 5.11 Å². The molecular weight excluding hydrogens is 272 g/mol. The van der Waals surface area contributed by atoms with Crippen LogP contribution in [0.1, 0.15) is 48.4 Å². The van der Waals surface area contributed by atoms with E-state index in [1.165, 1.54) is 18.4 Å². The summed E-state index contributed by atoms with van der Waals surface area (Å²) in [5.74, 6) is 0.445. The predicted octanol–water partition coefficient (Wildman–Crippen LogP) is 3.98. The van der Waals surface area contributed by atoms with Crippen LogP contribution in [0.25, 0.3) is 5.69 Å². The highest BCUT2D eigenvalue weighted by atomic mass is 35.5. The Morgan fingerprint density at radius 3 is 2.75 bits per heavy atom. The second-order valence-electron chi connectivity index (χ2n) is 5.54. The van der Waals surface area contributed by atoms with E-state index < -0.39 is 0 Å². The highest BCUT2D eigenvalue weighted by Crippen LogP contribution is 2.38. The molecule has 0 aliphatic heterocycles. The quantitative estimate of drug-likeness (QED) is 0.928. The van der Waals surface area contributed by atoms with Gasteiger partial charge in [0.25, 0.3) is 0 Å². The van der Waals surface area contributed by atoms with Crippen molar-refractivity contribution in [3.8, 4) is 5.69 Å². The summed E-state index contributed by atoms with van der Waals surface area (Å²) in [5, 5.41) is 14.9. The fraction of sp³-hybridized carbons (Fsp3) is 0.438. The summed E-state index contributed by atoms with van der Waals surface area (Å²) in [6, 6.07) is 8.09. The van der Waals surface area contributed by atoms with Gasteiger partial charge in [0.15, 0.2) is 0 Å². The molecule has 1 N–H and O–H groups in total. The Hall–Kier alpha value is -1.32. The van der Waals surface area contributed by atoms with Crippen molar-refractivity contribution in [2.45, 2.75) is 45.1 Å². The van der Waals surface area contributed by atoms with E-state index in [-0.39, 0.29) is 6.61 Å². The number of aryl methyl sites for hydroxylation is 1. The van der Waals surface area contributed by atoms with Crippen molar-refractivity contribution in [3.05, 3.63) is 46.2 Å². The first-order valence-corrected chi connectivity index (χ1v) is 7.53. The average Bonchev–Trinajstić information content (AvgIpc) is 3.05. The van der Waals surface area contributed by atoms with Crippen LogP contribution in [0.2, 0.25) is 5.15 Å². The van der Waals surface area contributed by atoms with Gasteiger partial charge in [-0.3, -0.25) is 0 Å². The lowest BCUT2D eigenvalue weighted by Gasteiger charge is -2.06. The van der Waals surface area contributed by atoms with Crippen LogP contribution in [0.15, 0.2) is 24.3 Å². The molecule has 0 atom stereocenters. The maximum absolute atomic E-state index is 9.64. The smallest absolute Gasteiger partial charge is 0.138 e. The van der Waals surface area contributed by atoms with Gasteiger partial charge in [-0.2, -0.15) is 5.10 Å². The van der Waals surface area contributed by atoms with E-state index in [1.807, 2.05) is 25.1 Å². The topological polar surface area (TPSA) is 38.0 Å². The zero-order valence-electron chi connectivity index (χ0n) is 11.6. The van der Waals surface area contributed by atoms with Crippen molar-refractivity contribution in [1.29, 1.82) is 0 Å². The molecule has 0 unspecified atom stereocenters. The minimum atomic E-state index is -0.0452. The molecule has 1 aromatic carbocycles. The van der Waals surface area contributed by atoms with Crippen molar-refractivity contribution < 1.29 is 5.11 Å². The fourth-order valence-electron chi connectivity index (χ4n) is 3.05. The second-order valence-corrected chi connectivity index (χ2v) is 5.90. The van der Waals surface area contributed by atoms with E-state index in [2.05, 4.69) is 6.07 Å². The number of nitrogens with zero attached hydrogens (tertiary/aromatic N) is 2. The summed E-state index contributed by atoms with van der Waals surface area (Å²) in [6.07, 6.45) is 4.78. The molecule has 20 heavy (non-hydrogen) atoms. The first-order chi connectivity index (χ1) is 9.70. The van der Waals surface area contributed by atoms with Gasteiger partial charge in [-0.1, -0.05) is 36.6 Å². The van der Waals surface area contributed by atoms with Gasteiger partial charge in [-0.05, 0) is 37.5 Å². The molecule has 4 heteroatoms. The lowest BCUT2D eigenvalue weighted by atomic mass is 10.0. The largest absolute Gasteiger partial charge is 0.391 e. The Bertz CT molecular complexity index is 615. The number of aromatic nitrogens is 2. The average molecular weight is 291 g/mol. The molecule has 3 rings (SSSR count). The summed E-state index contributed by atoms with van der Waals surface area (Å²) in [7, 11) is 0. The third-order valence-corrected chi connectivity index (χ3v) is 4.49. The van der Waals surface area contributed by atoms with Gasteiger partial charge in [0, 0.05) is 11.5 Å². The number of aliphatic hydroxyl groups excluding tert-OH is 1. The number of hydrogen-bond donors (Lipinski definition) is 1. The van der Waals surface area contributed by atoms with E-state index in [0.29, 0.717) is 11.1 Å². The van der Waals surface area contributed by atoms with E-state index in [1.54, 1.807) is 4.68 Å². The number of benzene rings is 1. The Labute approximate surface area is 124 Å². The predicted molar refractivity (Wildman–Crippen MR) is 80.4 cm³/mol. The van der Waals surface area contributed by atoms with Crippen molar-refractivity contribution in [1.82, 2.24) is 9.78 Å². The molecule has 0 radical (unpaired) electrons. The van der Waals surface area contributed by atoms with Gasteiger partial charge in [-0.15, -0.1) is 0 Å². The van der Waals surface area contributed by atoms with Crippen molar-refractivity contribution in [2.75, 3.05) is 0 Å². The van der Waals surface area contributed by atoms with E-state index in [9.17, 15) is 5.11 Å². The van der Waals surface area contributed by atoms with Gasteiger partial charge in [0.05, 0.1) is 18.0 Å². The molecule has 1 fully saturated rings. The molecule has 2 aromatic rings. The van der Waals surface area contributed by atoms with Crippen LogP contribution in [0.4, 0.5) is 0 Å². The number of aliphatic hydroxyl groups is 1. The summed E-state index contributed by atoms with van der Waals surface area (Å²) in [5.41, 5.74) is 3.90. The third kappa shape index (κ3) is 2.36. The molecular formula is C16H19ClN2O. The molecule has 3 nitrogen and oxygen atoms in total. The van der Waals surface area contributed by atoms with Crippen LogP contribution in [0.3, 0.4) is 0 Å². The molecule has 0 bridgehead atoms. The number of hydrogen-bond acceptors (Lipinski definition) is 2. The van der Waals surface area contributed by atoms with Gasteiger partial charge in [-0.25, -0.2) is 4.68 Å². The van der Waals surface area contributed by atoms with E-state index >= 15 is 0 Å². The molecule has 1 saturated carbocycles. The maximum atomic E-state index is 9.64. The Morgan fingerprint density at radius 2 is 2.10 bits per heavy atom. The maximum Gasteiger partial charge on any atom is 0.138 e. The molecule has 0 spiro atoms. The van der Waals surface area contributed by atoms with Crippen LogP contribution in [-0.2, 0) is 6.61 Å². The molecule has 106 valence electrons. The zero-order valence-corrected chi connectivity index (χ0v) is 12.4. The highest BCUT2D eigenvalue weighted by molar-refractivity contribution is 6.30. The summed E-state index contributed by atoms with van der Waals surface area (Å²) in [4.78, 5) is 0. The van der Waals surface area contributed by atoms with Crippen LogP contribution >= 0.6 is 11.6 Å². The highest BCUT2D eigenvalue weighted by Gasteiger charge is 2.26. The Kier molecular flexibility index (Phi) is 3.81. The van der Waals surface area contributed by atoms with Crippen LogP contribution in [0.5, 0.6) is 0 Å². The van der Waals surface area contributed by atoms with Gasteiger partial charge in [0.1, 0.15) is 5.15 Å². The zero-order chi connectivity index (χ0) is 14.1. The van der Waals surface area contributed by atoms with E-state index in [4.69, 9.17) is 16.7 Å². The first-order valence-electron chi connectivity index (χ1n) is 7.16. The van der Waals surface area contributed by atoms with Crippen molar-refractivity contribution in [2.24, 2.45) is 0 Å². The summed E-state index contributed by atoms with van der Waals surface area (Å²) < 4.78 is 1.76. The second kappa shape index (κ2) is 5.58. The number of halogens is 1. The Balaban J connectivity index is 2.08. The summed E-state index contributed by atoms with van der Waals surface area (Å²) >= 11 is 6.44. The third-order valence-electron chi connectivity index (χ3n) is 4.10. The lowest BCUT2D eigenvalue weighted by Crippen LogP contribution is -2.00. The van der Waals surface area contributed by atoms with Crippen LogP contribution < -0.4 is 0 Å². The summed E-state index contributed by atoms with van der Waals surface area (Å²) in [6.45, 7) is 2.00. The molecule has 1 aliphatic rings. The minimum absolute atomic E-state index is 0.0452.